The number of aryl methyl sites for hydroxylation is 3. The number of aromatic nitrogens is 1. The van der Waals surface area contributed by atoms with Crippen LogP contribution in [0.25, 0.3) is 0 Å². The molecule has 0 radical (unpaired) electrons. The Morgan fingerprint density at radius 3 is 2.53 bits per heavy atom. The van der Waals surface area contributed by atoms with Gasteiger partial charge < -0.3 is 10.2 Å². The van der Waals surface area contributed by atoms with E-state index in [1.165, 1.54) is 11.1 Å². The van der Waals surface area contributed by atoms with Gasteiger partial charge in [0, 0.05) is 6.04 Å². The zero-order valence-corrected chi connectivity index (χ0v) is 12.6. The summed E-state index contributed by atoms with van der Waals surface area (Å²) in [5, 5.41) is 0.844. The Bertz CT molecular complexity index is 544. The molecule has 0 bridgehead atoms. The summed E-state index contributed by atoms with van der Waals surface area (Å²) in [7, 11) is 0. The van der Waals surface area contributed by atoms with Crippen molar-refractivity contribution >= 4 is 11.8 Å². The molecule has 4 heteroatoms. The molecule has 0 amide bonds. The van der Waals surface area contributed by atoms with Gasteiger partial charge in [-0.1, -0.05) is 41.6 Å². The average molecular weight is 276 g/mol. The van der Waals surface area contributed by atoms with E-state index in [1.807, 2.05) is 20.8 Å². The Morgan fingerprint density at radius 2 is 2.00 bits per heavy atom. The molecule has 0 spiro atoms. The quantitative estimate of drug-likeness (QED) is 0.863. The lowest BCUT2D eigenvalue weighted by molar-refractivity contribution is 0.429. The highest BCUT2D eigenvalue weighted by Crippen LogP contribution is 2.37. The second kappa shape index (κ2) is 5.80. The number of nitrogens with two attached hydrogens (primary N) is 1. The van der Waals surface area contributed by atoms with Crippen molar-refractivity contribution in [1.82, 2.24) is 4.98 Å². The van der Waals surface area contributed by atoms with Crippen LogP contribution in [-0.2, 0) is 0 Å². The van der Waals surface area contributed by atoms with Gasteiger partial charge >= 0.3 is 0 Å². The number of oxazole rings is 1. The first-order valence-electron chi connectivity index (χ1n) is 6.40. The zero-order valence-electron chi connectivity index (χ0n) is 11.8. The van der Waals surface area contributed by atoms with Crippen molar-refractivity contribution in [3.05, 3.63) is 46.8 Å². The van der Waals surface area contributed by atoms with Crippen LogP contribution in [0.15, 0.2) is 33.9 Å². The van der Waals surface area contributed by atoms with Crippen LogP contribution in [0.2, 0.25) is 0 Å². The summed E-state index contributed by atoms with van der Waals surface area (Å²) >= 11 is 1.59. The van der Waals surface area contributed by atoms with Crippen molar-refractivity contribution in [2.75, 3.05) is 0 Å². The lowest BCUT2D eigenvalue weighted by atomic mass is 10.0. The summed E-state index contributed by atoms with van der Waals surface area (Å²) in [5.74, 6) is 0.871. The molecule has 0 aliphatic rings. The van der Waals surface area contributed by atoms with Crippen LogP contribution in [-0.4, -0.2) is 11.0 Å². The smallest absolute Gasteiger partial charge is 0.256 e. The number of nitrogens with zero attached hydrogens (tertiary/aromatic N) is 1. The van der Waals surface area contributed by atoms with Gasteiger partial charge in [0.25, 0.3) is 5.22 Å². The van der Waals surface area contributed by atoms with Crippen LogP contribution in [0.3, 0.4) is 0 Å². The zero-order chi connectivity index (χ0) is 14.0. The number of rotatable bonds is 4. The van der Waals surface area contributed by atoms with Crippen molar-refractivity contribution in [3.63, 3.8) is 0 Å². The van der Waals surface area contributed by atoms with Gasteiger partial charge in [0.05, 0.1) is 10.9 Å². The maximum absolute atomic E-state index is 6.12. The summed E-state index contributed by atoms with van der Waals surface area (Å²) in [6.07, 6.45) is 0. The van der Waals surface area contributed by atoms with E-state index in [9.17, 15) is 0 Å². The fourth-order valence-corrected chi connectivity index (χ4v) is 3.01. The highest BCUT2D eigenvalue weighted by Gasteiger charge is 2.21. The molecular weight excluding hydrogens is 256 g/mol. The number of thioether (sulfide) groups is 1. The third kappa shape index (κ3) is 3.39. The fourth-order valence-electron chi connectivity index (χ4n) is 1.93. The van der Waals surface area contributed by atoms with E-state index in [-0.39, 0.29) is 11.3 Å². The molecule has 2 unspecified atom stereocenters. The first-order chi connectivity index (χ1) is 8.97. The molecule has 2 N–H and O–H groups in total. The summed E-state index contributed by atoms with van der Waals surface area (Å²) in [5.41, 5.74) is 9.52. The Hall–Kier alpha value is -1.26. The normalized spacial score (nSPS) is 14.4. The van der Waals surface area contributed by atoms with Crippen LogP contribution in [0.1, 0.15) is 34.8 Å². The Morgan fingerprint density at radius 1 is 1.26 bits per heavy atom. The van der Waals surface area contributed by atoms with E-state index in [4.69, 9.17) is 10.2 Å². The summed E-state index contributed by atoms with van der Waals surface area (Å²) in [4.78, 5) is 4.42. The topological polar surface area (TPSA) is 52.0 Å². The Labute approximate surface area is 118 Å². The third-order valence-electron chi connectivity index (χ3n) is 3.08. The molecule has 1 aromatic heterocycles. The lowest BCUT2D eigenvalue weighted by Crippen LogP contribution is -2.22. The molecule has 0 aliphatic carbocycles. The molecule has 0 fully saturated rings. The van der Waals surface area contributed by atoms with Crippen molar-refractivity contribution < 1.29 is 4.42 Å². The van der Waals surface area contributed by atoms with Gasteiger partial charge in [-0.2, -0.15) is 0 Å². The van der Waals surface area contributed by atoms with E-state index in [2.05, 4.69) is 36.2 Å². The molecule has 1 heterocycles. The van der Waals surface area contributed by atoms with Gasteiger partial charge in [-0.05, 0) is 33.3 Å². The monoisotopic (exact) mass is 276 g/mol. The molecular formula is C15H20N2OS. The molecule has 2 atom stereocenters. The van der Waals surface area contributed by atoms with Gasteiger partial charge in [-0.3, -0.25) is 0 Å². The lowest BCUT2D eigenvalue weighted by Gasteiger charge is -2.19. The largest absolute Gasteiger partial charge is 0.437 e. The van der Waals surface area contributed by atoms with Crippen LogP contribution >= 0.6 is 11.8 Å². The van der Waals surface area contributed by atoms with E-state index < -0.39 is 0 Å². The van der Waals surface area contributed by atoms with Crippen LogP contribution in [0.4, 0.5) is 0 Å². The number of hydrogen-bond acceptors (Lipinski definition) is 4. The molecule has 19 heavy (non-hydrogen) atoms. The Kier molecular flexibility index (Phi) is 4.32. The van der Waals surface area contributed by atoms with Crippen molar-refractivity contribution in [3.8, 4) is 0 Å². The maximum atomic E-state index is 6.12. The molecule has 3 nitrogen and oxygen atoms in total. The second-order valence-electron chi connectivity index (χ2n) is 4.93. The first-order valence-corrected chi connectivity index (χ1v) is 7.28. The molecule has 0 saturated heterocycles. The third-order valence-corrected chi connectivity index (χ3v) is 4.42. The Balaban J connectivity index is 2.26. The minimum atomic E-state index is 0.0271. The van der Waals surface area contributed by atoms with E-state index in [1.54, 1.807) is 11.8 Å². The number of hydrogen-bond donors (Lipinski definition) is 1. The molecule has 1 aromatic carbocycles. The van der Waals surface area contributed by atoms with Gasteiger partial charge in [0.1, 0.15) is 5.76 Å². The van der Waals surface area contributed by atoms with Crippen LogP contribution in [0, 0.1) is 20.8 Å². The molecule has 102 valence electrons. The van der Waals surface area contributed by atoms with Gasteiger partial charge in [0.15, 0.2) is 0 Å². The van der Waals surface area contributed by atoms with E-state index in [0.717, 1.165) is 11.5 Å². The van der Waals surface area contributed by atoms with E-state index in [0.29, 0.717) is 5.22 Å². The van der Waals surface area contributed by atoms with Gasteiger partial charge in [-0.25, -0.2) is 4.98 Å². The van der Waals surface area contributed by atoms with Gasteiger partial charge in [0.2, 0.25) is 0 Å². The standard InChI is InChI=1S/C15H20N2OS/c1-9-6-5-7-13(8-9)14(10(2)16)19-15-17-11(3)12(4)18-15/h5-8,10,14H,16H2,1-4H3. The predicted octanol–water partition coefficient (Wildman–Crippen LogP) is 3.78. The highest BCUT2D eigenvalue weighted by atomic mass is 32.2. The summed E-state index contributed by atoms with van der Waals surface area (Å²) in [6, 6.07) is 8.46. The van der Waals surface area contributed by atoms with E-state index >= 15 is 0 Å². The van der Waals surface area contributed by atoms with Crippen LogP contribution < -0.4 is 5.73 Å². The van der Waals surface area contributed by atoms with Crippen LogP contribution in [0.5, 0.6) is 0 Å². The minimum absolute atomic E-state index is 0.0271. The second-order valence-corrected chi connectivity index (χ2v) is 6.03. The molecule has 0 saturated carbocycles. The summed E-state index contributed by atoms with van der Waals surface area (Å²) in [6.45, 7) is 7.99. The van der Waals surface area contributed by atoms with Crippen molar-refractivity contribution in [2.45, 2.75) is 44.2 Å². The molecule has 2 aromatic rings. The van der Waals surface area contributed by atoms with Gasteiger partial charge in [-0.15, -0.1) is 0 Å². The maximum Gasteiger partial charge on any atom is 0.256 e. The first kappa shape index (κ1) is 14.2. The summed E-state index contributed by atoms with van der Waals surface area (Å²) < 4.78 is 5.64. The molecule has 2 rings (SSSR count). The van der Waals surface area contributed by atoms with Crippen molar-refractivity contribution in [2.24, 2.45) is 5.73 Å². The number of benzene rings is 1. The predicted molar refractivity (Wildman–Crippen MR) is 79.4 cm³/mol. The SMILES string of the molecule is Cc1cccc(C(Sc2nc(C)c(C)o2)C(C)N)c1. The fraction of sp³-hybridized carbons (Fsp3) is 0.400. The average Bonchev–Trinajstić information content (AvgIpc) is 2.65. The highest BCUT2D eigenvalue weighted by molar-refractivity contribution is 7.99. The minimum Gasteiger partial charge on any atom is -0.437 e. The van der Waals surface area contributed by atoms with Crippen molar-refractivity contribution in [1.29, 1.82) is 0 Å². The molecule has 0 aliphatic heterocycles.